The van der Waals surface area contributed by atoms with Crippen LogP contribution in [0.4, 0.5) is 5.82 Å². The number of hydrogen-bond acceptors (Lipinski definition) is 5. The number of nitrogens with one attached hydrogen (secondary N) is 1. The summed E-state index contributed by atoms with van der Waals surface area (Å²) in [5, 5.41) is 14.8. The fourth-order valence-electron chi connectivity index (χ4n) is 1.50. The van der Waals surface area contributed by atoms with Gasteiger partial charge in [0.15, 0.2) is 0 Å². The number of hydrogen-bond donors (Lipinski definition) is 3. The van der Waals surface area contributed by atoms with E-state index in [1.54, 1.807) is 13.8 Å². The molecule has 4 N–H and O–H groups in total. The number of aromatic nitrogens is 2. The van der Waals surface area contributed by atoms with E-state index in [0.29, 0.717) is 6.42 Å². The Bertz CT molecular complexity index is 455. The van der Waals surface area contributed by atoms with Crippen LogP contribution in [-0.4, -0.2) is 47.2 Å². The molecule has 98 valence electrons. The van der Waals surface area contributed by atoms with Gasteiger partial charge < -0.3 is 10.8 Å². The van der Waals surface area contributed by atoms with Crippen molar-refractivity contribution in [3.63, 3.8) is 0 Å². The highest BCUT2D eigenvalue weighted by atomic mass is 32.2. The lowest BCUT2D eigenvalue weighted by Gasteiger charge is -2.25. The zero-order valence-corrected chi connectivity index (χ0v) is 10.7. The van der Waals surface area contributed by atoms with Crippen molar-refractivity contribution in [2.45, 2.75) is 31.2 Å². The zero-order chi connectivity index (χ0) is 13.1. The van der Waals surface area contributed by atoms with Crippen LogP contribution in [0.5, 0.6) is 0 Å². The molecule has 17 heavy (non-hydrogen) atoms. The second-order valence-electron chi connectivity index (χ2n) is 3.93. The van der Waals surface area contributed by atoms with Crippen molar-refractivity contribution in [1.82, 2.24) is 14.5 Å². The number of nitrogen functional groups attached to an aromatic ring is 1. The Morgan fingerprint density at radius 1 is 1.59 bits per heavy atom. The molecule has 0 atom stereocenters. The van der Waals surface area contributed by atoms with Crippen LogP contribution in [-0.2, 0) is 10.0 Å². The van der Waals surface area contributed by atoms with Crippen molar-refractivity contribution in [3.05, 3.63) is 6.20 Å². The third kappa shape index (κ3) is 2.96. The maximum atomic E-state index is 12.3. The molecule has 1 heterocycles. The van der Waals surface area contributed by atoms with Gasteiger partial charge in [-0.3, -0.25) is 5.10 Å². The standard InChI is InChI=1S/C9H18N4O3S/c1-7(2)13(4-3-5-14)17(15,16)8-6-11-12-9(8)10/h6-7,14H,3-5H2,1-2H3,(H3,10,11,12). The van der Waals surface area contributed by atoms with Crippen molar-refractivity contribution in [3.8, 4) is 0 Å². The van der Waals surface area contributed by atoms with Gasteiger partial charge in [-0.2, -0.15) is 9.40 Å². The molecule has 0 saturated heterocycles. The minimum Gasteiger partial charge on any atom is -0.396 e. The zero-order valence-electron chi connectivity index (χ0n) is 9.92. The van der Waals surface area contributed by atoms with Crippen molar-refractivity contribution >= 4 is 15.8 Å². The van der Waals surface area contributed by atoms with Crippen LogP contribution in [0, 0.1) is 0 Å². The number of aliphatic hydroxyl groups excluding tert-OH is 1. The third-order valence-corrected chi connectivity index (χ3v) is 4.43. The Morgan fingerprint density at radius 2 is 2.24 bits per heavy atom. The third-order valence-electron chi connectivity index (χ3n) is 2.33. The lowest BCUT2D eigenvalue weighted by Crippen LogP contribution is -2.38. The highest BCUT2D eigenvalue weighted by molar-refractivity contribution is 7.89. The first-order valence-electron chi connectivity index (χ1n) is 5.32. The number of rotatable bonds is 6. The summed E-state index contributed by atoms with van der Waals surface area (Å²) in [6, 6.07) is -0.208. The maximum absolute atomic E-state index is 12.3. The van der Waals surface area contributed by atoms with Gasteiger partial charge in [-0.1, -0.05) is 0 Å². The lowest BCUT2D eigenvalue weighted by molar-refractivity contribution is 0.258. The van der Waals surface area contributed by atoms with E-state index in [2.05, 4.69) is 10.2 Å². The fraction of sp³-hybridized carbons (Fsp3) is 0.667. The van der Waals surface area contributed by atoms with E-state index in [-0.39, 0.29) is 29.9 Å². The van der Waals surface area contributed by atoms with E-state index >= 15 is 0 Å². The van der Waals surface area contributed by atoms with Gasteiger partial charge in [-0.25, -0.2) is 8.42 Å². The van der Waals surface area contributed by atoms with Crippen molar-refractivity contribution in [2.24, 2.45) is 0 Å². The normalized spacial score (nSPS) is 12.5. The quantitative estimate of drug-likeness (QED) is 0.655. The summed E-state index contributed by atoms with van der Waals surface area (Å²) < 4.78 is 25.8. The van der Waals surface area contributed by atoms with E-state index in [1.165, 1.54) is 10.5 Å². The molecule has 0 spiro atoms. The maximum Gasteiger partial charge on any atom is 0.248 e. The average Bonchev–Trinajstić information content (AvgIpc) is 2.64. The van der Waals surface area contributed by atoms with Crippen LogP contribution in [0.1, 0.15) is 20.3 Å². The Hall–Kier alpha value is -1.12. The first-order chi connectivity index (χ1) is 7.91. The summed E-state index contributed by atoms with van der Waals surface area (Å²) >= 11 is 0. The molecular formula is C9H18N4O3S. The molecule has 1 aromatic heterocycles. The highest BCUT2D eigenvalue weighted by Crippen LogP contribution is 2.21. The average molecular weight is 262 g/mol. The van der Waals surface area contributed by atoms with E-state index in [4.69, 9.17) is 10.8 Å². The summed E-state index contributed by atoms with van der Waals surface area (Å²) in [7, 11) is -3.66. The van der Waals surface area contributed by atoms with Gasteiger partial charge in [-0.05, 0) is 20.3 Å². The van der Waals surface area contributed by atoms with Gasteiger partial charge in [0.2, 0.25) is 10.0 Å². The molecule has 0 aliphatic heterocycles. The van der Waals surface area contributed by atoms with Crippen LogP contribution >= 0.6 is 0 Å². The van der Waals surface area contributed by atoms with Crippen LogP contribution in [0.2, 0.25) is 0 Å². The molecule has 0 amide bonds. The summed E-state index contributed by atoms with van der Waals surface area (Å²) in [5.74, 6) is 0.0275. The molecule has 0 aliphatic rings. The fourth-order valence-corrected chi connectivity index (χ4v) is 3.19. The van der Waals surface area contributed by atoms with Crippen LogP contribution < -0.4 is 5.73 Å². The second-order valence-corrected chi connectivity index (χ2v) is 5.79. The van der Waals surface area contributed by atoms with E-state index < -0.39 is 10.0 Å². The SMILES string of the molecule is CC(C)N(CCCO)S(=O)(=O)c1cn[nH]c1N. The molecular weight excluding hydrogens is 244 g/mol. The second kappa shape index (κ2) is 5.48. The van der Waals surface area contributed by atoms with Gasteiger partial charge in [-0.15, -0.1) is 0 Å². The Kier molecular flexibility index (Phi) is 4.49. The topological polar surface area (TPSA) is 112 Å². The molecule has 0 aliphatic carbocycles. The predicted octanol–water partition coefficient (Wildman–Crippen LogP) is -0.227. The van der Waals surface area contributed by atoms with Crippen molar-refractivity contribution < 1.29 is 13.5 Å². The number of H-pyrrole nitrogens is 1. The minimum absolute atomic E-state index is 0.0239. The number of aromatic amines is 1. The van der Waals surface area contributed by atoms with Gasteiger partial charge in [0.1, 0.15) is 10.7 Å². The highest BCUT2D eigenvalue weighted by Gasteiger charge is 2.29. The molecule has 0 saturated carbocycles. The summed E-state index contributed by atoms with van der Waals surface area (Å²) in [6.07, 6.45) is 1.58. The van der Waals surface area contributed by atoms with E-state index in [9.17, 15) is 8.42 Å². The summed E-state index contributed by atoms with van der Waals surface area (Å²) in [4.78, 5) is -0.0239. The molecule has 1 aromatic rings. The Balaban J connectivity index is 3.05. The minimum atomic E-state index is -3.66. The monoisotopic (exact) mass is 262 g/mol. The van der Waals surface area contributed by atoms with Crippen molar-refractivity contribution in [2.75, 3.05) is 18.9 Å². The summed E-state index contributed by atoms with van der Waals surface area (Å²) in [6.45, 7) is 3.73. The summed E-state index contributed by atoms with van der Waals surface area (Å²) in [5.41, 5.74) is 5.52. The number of nitrogens with zero attached hydrogens (tertiary/aromatic N) is 2. The first kappa shape index (κ1) is 13.9. The smallest absolute Gasteiger partial charge is 0.248 e. The predicted molar refractivity (Wildman–Crippen MR) is 63.7 cm³/mol. The van der Waals surface area contributed by atoms with Crippen molar-refractivity contribution in [1.29, 1.82) is 0 Å². The van der Waals surface area contributed by atoms with Crippen LogP contribution in [0.25, 0.3) is 0 Å². The lowest BCUT2D eigenvalue weighted by atomic mass is 10.3. The Morgan fingerprint density at radius 3 is 2.65 bits per heavy atom. The molecule has 0 radical (unpaired) electrons. The molecule has 8 heteroatoms. The van der Waals surface area contributed by atoms with Gasteiger partial charge in [0.05, 0.1) is 6.20 Å². The first-order valence-corrected chi connectivity index (χ1v) is 6.76. The molecule has 1 rings (SSSR count). The van der Waals surface area contributed by atoms with E-state index in [0.717, 1.165) is 0 Å². The number of nitrogens with two attached hydrogens (primary N) is 1. The van der Waals surface area contributed by atoms with Gasteiger partial charge in [0.25, 0.3) is 0 Å². The number of sulfonamides is 1. The molecule has 7 nitrogen and oxygen atoms in total. The number of aliphatic hydroxyl groups is 1. The molecule has 0 fully saturated rings. The Labute approximate surface area is 101 Å². The van der Waals surface area contributed by atoms with Crippen LogP contribution in [0.15, 0.2) is 11.1 Å². The molecule has 0 unspecified atom stereocenters. The van der Waals surface area contributed by atoms with Crippen LogP contribution in [0.3, 0.4) is 0 Å². The molecule has 0 aromatic carbocycles. The largest absolute Gasteiger partial charge is 0.396 e. The molecule has 0 bridgehead atoms. The number of anilines is 1. The van der Waals surface area contributed by atoms with Gasteiger partial charge >= 0.3 is 0 Å². The van der Waals surface area contributed by atoms with Gasteiger partial charge in [0, 0.05) is 19.2 Å². The van der Waals surface area contributed by atoms with E-state index in [1.807, 2.05) is 0 Å².